The van der Waals surface area contributed by atoms with Gasteiger partial charge in [-0.1, -0.05) is 0 Å². The minimum Gasteiger partial charge on any atom is -0.481 e. The van der Waals surface area contributed by atoms with Crippen LogP contribution in [0.5, 0.6) is 0 Å². The summed E-state index contributed by atoms with van der Waals surface area (Å²) in [6.07, 6.45) is 0.343. The number of carboxylic acids is 1. The van der Waals surface area contributed by atoms with Gasteiger partial charge in [-0.2, -0.15) is 0 Å². The SMILES string of the molecule is CC(C)(C)NCCC(=O)NCCC(=O)O. The van der Waals surface area contributed by atoms with Gasteiger partial charge in [0, 0.05) is 25.0 Å². The first-order chi connectivity index (χ1) is 6.81. The van der Waals surface area contributed by atoms with E-state index < -0.39 is 5.97 Å². The minimum atomic E-state index is -0.900. The summed E-state index contributed by atoms with van der Waals surface area (Å²) >= 11 is 0. The van der Waals surface area contributed by atoms with Gasteiger partial charge in [0.25, 0.3) is 0 Å². The van der Waals surface area contributed by atoms with E-state index in [1.165, 1.54) is 0 Å². The molecule has 3 N–H and O–H groups in total. The topological polar surface area (TPSA) is 78.4 Å². The van der Waals surface area contributed by atoms with Crippen molar-refractivity contribution in [2.24, 2.45) is 0 Å². The van der Waals surface area contributed by atoms with Crippen LogP contribution in [0.15, 0.2) is 0 Å². The normalized spacial score (nSPS) is 11.1. The predicted molar refractivity (Wildman–Crippen MR) is 57.6 cm³/mol. The highest BCUT2D eigenvalue weighted by molar-refractivity contribution is 5.76. The molecule has 0 saturated carbocycles. The number of carbonyl (C=O) groups excluding carboxylic acids is 1. The van der Waals surface area contributed by atoms with Crippen LogP contribution >= 0.6 is 0 Å². The summed E-state index contributed by atoms with van der Waals surface area (Å²) in [6, 6.07) is 0. The van der Waals surface area contributed by atoms with E-state index in [0.29, 0.717) is 13.0 Å². The second-order valence-corrected chi connectivity index (χ2v) is 4.42. The molecule has 0 saturated heterocycles. The first-order valence-corrected chi connectivity index (χ1v) is 5.05. The highest BCUT2D eigenvalue weighted by Crippen LogP contribution is 1.97. The molecular formula is C10H20N2O3. The Bertz CT molecular complexity index is 221. The van der Waals surface area contributed by atoms with Crippen LogP contribution in [0.1, 0.15) is 33.6 Å². The third-order valence-corrected chi connectivity index (χ3v) is 1.67. The Morgan fingerprint density at radius 3 is 2.20 bits per heavy atom. The second kappa shape index (κ2) is 6.40. The molecule has 0 aromatic heterocycles. The molecule has 5 nitrogen and oxygen atoms in total. The molecule has 0 atom stereocenters. The number of rotatable bonds is 6. The first-order valence-electron chi connectivity index (χ1n) is 5.05. The third-order valence-electron chi connectivity index (χ3n) is 1.67. The summed E-state index contributed by atoms with van der Waals surface area (Å²) in [5, 5.41) is 14.1. The molecule has 0 unspecified atom stereocenters. The largest absolute Gasteiger partial charge is 0.481 e. The Morgan fingerprint density at radius 2 is 1.73 bits per heavy atom. The molecule has 0 rings (SSSR count). The average molecular weight is 216 g/mol. The molecule has 0 aromatic carbocycles. The smallest absolute Gasteiger partial charge is 0.305 e. The van der Waals surface area contributed by atoms with Crippen LogP contribution in [0.3, 0.4) is 0 Å². The summed E-state index contributed by atoms with van der Waals surface area (Å²) in [6.45, 7) is 6.87. The van der Waals surface area contributed by atoms with E-state index in [1.807, 2.05) is 20.8 Å². The average Bonchev–Trinajstić information content (AvgIpc) is 2.00. The molecular weight excluding hydrogens is 196 g/mol. The van der Waals surface area contributed by atoms with E-state index >= 15 is 0 Å². The molecule has 0 aromatic rings. The fraction of sp³-hybridized carbons (Fsp3) is 0.800. The fourth-order valence-electron chi connectivity index (χ4n) is 0.948. The van der Waals surface area contributed by atoms with E-state index in [2.05, 4.69) is 10.6 Å². The Hall–Kier alpha value is -1.10. The maximum Gasteiger partial charge on any atom is 0.305 e. The lowest BCUT2D eigenvalue weighted by Crippen LogP contribution is -2.38. The first kappa shape index (κ1) is 13.9. The number of aliphatic carboxylic acids is 1. The van der Waals surface area contributed by atoms with E-state index in [1.54, 1.807) is 0 Å². The van der Waals surface area contributed by atoms with Gasteiger partial charge in [0.05, 0.1) is 6.42 Å². The van der Waals surface area contributed by atoms with Gasteiger partial charge < -0.3 is 15.7 Å². The third kappa shape index (κ3) is 10.8. The van der Waals surface area contributed by atoms with Crippen LogP contribution in [0, 0.1) is 0 Å². The molecule has 1 amide bonds. The van der Waals surface area contributed by atoms with Crippen LogP contribution in [-0.4, -0.2) is 35.6 Å². The van der Waals surface area contributed by atoms with Crippen molar-refractivity contribution >= 4 is 11.9 Å². The lowest BCUT2D eigenvalue weighted by Gasteiger charge is -2.20. The van der Waals surface area contributed by atoms with Gasteiger partial charge in [0.15, 0.2) is 0 Å². The van der Waals surface area contributed by atoms with Crippen LogP contribution in [0.4, 0.5) is 0 Å². The van der Waals surface area contributed by atoms with Crippen LogP contribution < -0.4 is 10.6 Å². The van der Waals surface area contributed by atoms with Crippen molar-refractivity contribution in [2.45, 2.75) is 39.2 Å². The Balaban J connectivity index is 3.46. The molecule has 0 aliphatic rings. The van der Waals surface area contributed by atoms with Gasteiger partial charge >= 0.3 is 5.97 Å². The molecule has 88 valence electrons. The Morgan fingerprint density at radius 1 is 1.13 bits per heavy atom. The number of amides is 1. The van der Waals surface area contributed by atoms with E-state index in [4.69, 9.17) is 5.11 Å². The fourth-order valence-corrected chi connectivity index (χ4v) is 0.948. The number of carbonyl (C=O) groups is 2. The summed E-state index contributed by atoms with van der Waals surface area (Å²) in [5.74, 6) is -1.02. The zero-order valence-electron chi connectivity index (χ0n) is 9.59. The van der Waals surface area contributed by atoms with Crippen molar-refractivity contribution in [3.05, 3.63) is 0 Å². The highest BCUT2D eigenvalue weighted by Gasteiger charge is 2.09. The van der Waals surface area contributed by atoms with Gasteiger partial charge in [-0.05, 0) is 20.8 Å². The molecule has 0 spiro atoms. The molecule has 0 fully saturated rings. The summed E-state index contributed by atoms with van der Waals surface area (Å²) < 4.78 is 0. The second-order valence-electron chi connectivity index (χ2n) is 4.42. The lowest BCUT2D eigenvalue weighted by atomic mass is 10.1. The van der Waals surface area contributed by atoms with Crippen LogP contribution in [0.2, 0.25) is 0 Å². The number of hydrogen-bond acceptors (Lipinski definition) is 3. The van der Waals surface area contributed by atoms with Gasteiger partial charge in [-0.15, -0.1) is 0 Å². The van der Waals surface area contributed by atoms with Crippen molar-refractivity contribution in [3.8, 4) is 0 Å². The molecule has 0 bridgehead atoms. The van der Waals surface area contributed by atoms with Crippen molar-refractivity contribution in [3.63, 3.8) is 0 Å². The zero-order valence-corrected chi connectivity index (χ0v) is 9.59. The van der Waals surface area contributed by atoms with Crippen molar-refractivity contribution in [1.29, 1.82) is 0 Å². The highest BCUT2D eigenvalue weighted by atomic mass is 16.4. The monoisotopic (exact) mass is 216 g/mol. The summed E-state index contributed by atoms with van der Waals surface area (Å²) in [4.78, 5) is 21.3. The van der Waals surface area contributed by atoms with Crippen molar-refractivity contribution in [1.82, 2.24) is 10.6 Å². The minimum absolute atomic E-state index is 0.00133. The van der Waals surface area contributed by atoms with Gasteiger partial charge in [0.2, 0.25) is 5.91 Å². The molecule has 15 heavy (non-hydrogen) atoms. The molecule has 0 aliphatic carbocycles. The standard InChI is InChI=1S/C10H20N2O3/c1-10(2,3)12-7-4-8(13)11-6-5-9(14)15/h12H,4-7H2,1-3H3,(H,11,13)(H,14,15). The van der Waals surface area contributed by atoms with Crippen LogP contribution in [-0.2, 0) is 9.59 Å². The van der Waals surface area contributed by atoms with Gasteiger partial charge in [0.1, 0.15) is 0 Å². The van der Waals surface area contributed by atoms with Crippen molar-refractivity contribution < 1.29 is 14.7 Å². The molecule has 0 aliphatic heterocycles. The molecule has 0 heterocycles. The molecule has 0 radical (unpaired) electrons. The van der Waals surface area contributed by atoms with Crippen LogP contribution in [0.25, 0.3) is 0 Å². The molecule has 5 heteroatoms. The van der Waals surface area contributed by atoms with E-state index in [-0.39, 0.29) is 24.4 Å². The maximum absolute atomic E-state index is 11.2. The Labute approximate surface area is 90.2 Å². The predicted octanol–water partition coefficient (Wildman–Crippen LogP) is 0.356. The number of hydrogen-bond donors (Lipinski definition) is 3. The maximum atomic E-state index is 11.2. The zero-order chi connectivity index (χ0) is 11.9. The number of carboxylic acid groups (broad SMARTS) is 1. The lowest BCUT2D eigenvalue weighted by molar-refractivity contribution is -0.136. The van der Waals surface area contributed by atoms with Gasteiger partial charge in [-0.25, -0.2) is 0 Å². The quantitative estimate of drug-likeness (QED) is 0.599. The van der Waals surface area contributed by atoms with E-state index in [9.17, 15) is 9.59 Å². The Kier molecular flexibility index (Phi) is 5.93. The van der Waals surface area contributed by atoms with Crippen molar-refractivity contribution in [2.75, 3.05) is 13.1 Å². The van der Waals surface area contributed by atoms with E-state index in [0.717, 1.165) is 0 Å². The number of nitrogens with one attached hydrogen (secondary N) is 2. The summed E-state index contributed by atoms with van der Waals surface area (Å²) in [5.41, 5.74) is 0.00133. The summed E-state index contributed by atoms with van der Waals surface area (Å²) in [7, 11) is 0. The van der Waals surface area contributed by atoms with Gasteiger partial charge in [-0.3, -0.25) is 9.59 Å².